The van der Waals surface area contributed by atoms with Crippen molar-refractivity contribution < 1.29 is 19.1 Å². The lowest BCUT2D eigenvalue weighted by Crippen LogP contribution is -2.48. The van der Waals surface area contributed by atoms with Crippen LogP contribution in [0.1, 0.15) is 10.4 Å². The van der Waals surface area contributed by atoms with Gasteiger partial charge in [0.1, 0.15) is 12.4 Å². The molecule has 0 atom stereocenters. The smallest absolute Gasteiger partial charge is 0.465 e. The zero-order chi connectivity index (χ0) is 12.6. The van der Waals surface area contributed by atoms with Gasteiger partial charge in [0.15, 0.2) is 0 Å². The van der Waals surface area contributed by atoms with E-state index < -0.39 is 17.8 Å². The van der Waals surface area contributed by atoms with E-state index in [9.17, 15) is 14.4 Å². The van der Waals surface area contributed by atoms with Gasteiger partial charge in [0, 0.05) is 6.07 Å². The van der Waals surface area contributed by atoms with E-state index in [0.717, 1.165) is 0 Å². The van der Waals surface area contributed by atoms with Crippen molar-refractivity contribution in [2.45, 2.75) is 0 Å². The van der Waals surface area contributed by atoms with Crippen molar-refractivity contribution in [3.63, 3.8) is 0 Å². The Kier molecular flexibility index (Phi) is 2.55. The second-order valence-corrected chi connectivity index (χ2v) is 3.48. The third-order valence-electron chi connectivity index (χ3n) is 2.47. The standard InChI is InChI=1S/C11H9N2O4/c1-13-8-4-3-6(11(16)17-2)5-7(8)12-9(14)10(13)15/h3-5H,1-2H3/q+1. The summed E-state index contributed by atoms with van der Waals surface area (Å²) in [6, 6.07) is 4.48. The molecule has 1 aliphatic rings. The Hall–Kier alpha value is -2.37. The predicted molar refractivity (Wildman–Crippen MR) is 55.7 cm³/mol. The number of methoxy groups -OCH3 is 1. The van der Waals surface area contributed by atoms with Gasteiger partial charge in [0.05, 0.1) is 12.7 Å². The fourth-order valence-corrected chi connectivity index (χ4v) is 1.55. The Balaban J connectivity index is 2.74. The summed E-state index contributed by atoms with van der Waals surface area (Å²) in [4.78, 5) is 37.5. The minimum absolute atomic E-state index is 0.283. The fourth-order valence-electron chi connectivity index (χ4n) is 1.55. The van der Waals surface area contributed by atoms with Crippen LogP contribution < -0.4 is 15.3 Å². The summed E-state index contributed by atoms with van der Waals surface area (Å²) in [6.45, 7) is 0. The van der Waals surface area contributed by atoms with Gasteiger partial charge in [-0.3, -0.25) is 4.79 Å². The molecular formula is C11H9N2O4+. The largest absolute Gasteiger partial charge is 0.479 e. The first kappa shape index (κ1) is 11.1. The highest BCUT2D eigenvalue weighted by molar-refractivity contribution is 6.36. The lowest BCUT2D eigenvalue weighted by atomic mass is 10.2. The van der Waals surface area contributed by atoms with E-state index in [-0.39, 0.29) is 5.56 Å². The predicted octanol–water partition coefficient (Wildman–Crippen LogP) is -1.72. The summed E-state index contributed by atoms with van der Waals surface area (Å²) in [7, 11) is 2.74. The molecule has 2 rings (SSSR count). The number of carbonyl (C=O) groups is 3. The van der Waals surface area contributed by atoms with Crippen molar-refractivity contribution in [3.8, 4) is 0 Å². The second-order valence-electron chi connectivity index (χ2n) is 3.48. The van der Waals surface area contributed by atoms with Crippen LogP contribution in [-0.4, -0.2) is 31.9 Å². The van der Waals surface area contributed by atoms with E-state index >= 15 is 0 Å². The van der Waals surface area contributed by atoms with E-state index in [1.807, 2.05) is 0 Å². The topological polar surface area (TPSA) is 75.8 Å². The third-order valence-corrected chi connectivity index (χ3v) is 2.47. The van der Waals surface area contributed by atoms with Crippen LogP contribution >= 0.6 is 0 Å². The molecule has 1 aromatic rings. The molecule has 0 radical (unpaired) electrons. The molecular weight excluding hydrogens is 224 g/mol. The van der Waals surface area contributed by atoms with E-state index in [4.69, 9.17) is 0 Å². The van der Waals surface area contributed by atoms with Crippen molar-refractivity contribution >= 4 is 17.8 Å². The molecule has 86 valence electrons. The molecule has 0 N–H and O–H groups in total. The number of esters is 1. The van der Waals surface area contributed by atoms with Crippen molar-refractivity contribution in [2.75, 3.05) is 14.2 Å². The monoisotopic (exact) mass is 233 g/mol. The number of rotatable bonds is 1. The molecule has 2 amide bonds. The minimum atomic E-state index is -0.845. The van der Waals surface area contributed by atoms with Gasteiger partial charge in [-0.25, -0.2) is 9.59 Å². The molecule has 6 nitrogen and oxygen atoms in total. The molecule has 17 heavy (non-hydrogen) atoms. The van der Waals surface area contributed by atoms with Crippen LogP contribution in [0, 0.1) is 0 Å². The number of nitrogens with zero attached hydrogens (tertiary/aromatic N) is 2. The second kappa shape index (κ2) is 3.89. The normalized spacial score (nSPS) is 14.1. The highest BCUT2D eigenvalue weighted by Crippen LogP contribution is 1.95. The van der Waals surface area contributed by atoms with Crippen molar-refractivity contribution in [1.29, 1.82) is 0 Å². The molecule has 0 aliphatic carbocycles. The van der Waals surface area contributed by atoms with Crippen LogP contribution in [0.3, 0.4) is 0 Å². The van der Waals surface area contributed by atoms with Crippen molar-refractivity contribution in [1.82, 2.24) is 4.58 Å². The molecule has 0 fully saturated rings. The van der Waals surface area contributed by atoms with Crippen molar-refractivity contribution in [2.24, 2.45) is 4.99 Å². The first-order valence-electron chi connectivity index (χ1n) is 4.80. The average molecular weight is 233 g/mol. The van der Waals surface area contributed by atoms with Crippen LogP contribution in [0.5, 0.6) is 0 Å². The Labute approximate surface area is 95.8 Å². The van der Waals surface area contributed by atoms with E-state index in [1.165, 1.54) is 30.9 Å². The lowest BCUT2D eigenvalue weighted by molar-refractivity contribution is -0.138. The van der Waals surface area contributed by atoms with Gasteiger partial charge in [-0.2, -0.15) is 9.57 Å². The first-order valence-corrected chi connectivity index (χ1v) is 4.80. The highest BCUT2D eigenvalue weighted by atomic mass is 16.5. The van der Waals surface area contributed by atoms with Crippen LogP contribution in [0.15, 0.2) is 23.2 Å². The molecule has 1 heterocycles. The number of fused-ring (bicyclic) bond motifs is 1. The van der Waals surface area contributed by atoms with E-state index in [0.29, 0.717) is 10.7 Å². The lowest BCUT2D eigenvalue weighted by Gasteiger charge is -2.00. The Morgan fingerprint density at radius 2 is 2.06 bits per heavy atom. The van der Waals surface area contributed by atoms with E-state index in [2.05, 4.69) is 9.73 Å². The summed E-state index contributed by atoms with van der Waals surface area (Å²) in [5, 5.41) is 0.780. The number of likely N-dealkylation sites (N-methyl/N-ethyl adjacent to an activating group) is 1. The van der Waals surface area contributed by atoms with Gasteiger partial charge < -0.3 is 4.74 Å². The molecule has 0 unspecified atom stereocenters. The van der Waals surface area contributed by atoms with Crippen LogP contribution in [-0.2, 0) is 14.3 Å². The Morgan fingerprint density at radius 1 is 1.35 bits per heavy atom. The summed E-state index contributed by atoms with van der Waals surface area (Å²) in [5.74, 6) is -2.06. The van der Waals surface area contributed by atoms with Gasteiger partial charge in [0.25, 0.3) is 0 Å². The maximum atomic E-state index is 11.4. The van der Waals surface area contributed by atoms with Gasteiger partial charge in [-0.05, 0) is 12.1 Å². The summed E-state index contributed by atoms with van der Waals surface area (Å²) in [6.07, 6.45) is 0. The van der Waals surface area contributed by atoms with Gasteiger partial charge in [-0.1, -0.05) is 0 Å². The third kappa shape index (κ3) is 1.73. The number of ether oxygens (including phenoxy) is 1. The Bertz CT molecular complexity index is 661. The molecule has 1 aromatic carbocycles. The average Bonchev–Trinajstić information content (AvgIpc) is 2.34. The van der Waals surface area contributed by atoms with Gasteiger partial charge in [0.2, 0.25) is 5.36 Å². The van der Waals surface area contributed by atoms with Gasteiger partial charge >= 0.3 is 17.8 Å². The van der Waals surface area contributed by atoms with Crippen LogP contribution in [0.2, 0.25) is 0 Å². The molecule has 0 spiro atoms. The summed E-state index contributed by atoms with van der Waals surface area (Å²) in [5.41, 5.74) is 0.283. The molecule has 1 aliphatic heterocycles. The molecule has 0 saturated heterocycles. The zero-order valence-corrected chi connectivity index (χ0v) is 9.26. The maximum absolute atomic E-state index is 11.4. The van der Waals surface area contributed by atoms with E-state index in [1.54, 1.807) is 6.07 Å². The summed E-state index contributed by atoms with van der Waals surface area (Å²) < 4.78 is 5.76. The molecule has 0 saturated carbocycles. The SMILES string of the molecule is COC(=O)c1ccc2c(c1)=NC(=O)C(=O)[N+]=2C. The molecule has 6 heteroatoms. The van der Waals surface area contributed by atoms with Crippen LogP contribution in [0.4, 0.5) is 0 Å². The summed E-state index contributed by atoms with van der Waals surface area (Å²) >= 11 is 0. The van der Waals surface area contributed by atoms with Crippen LogP contribution in [0.25, 0.3) is 0 Å². The van der Waals surface area contributed by atoms with Crippen molar-refractivity contribution in [3.05, 3.63) is 34.5 Å². The quantitative estimate of drug-likeness (QED) is 0.328. The minimum Gasteiger partial charge on any atom is -0.465 e. The fraction of sp³-hybridized carbons (Fsp3) is 0.182. The molecule has 0 aromatic heterocycles. The number of amides is 2. The van der Waals surface area contributed by atoms with Gasteiger partial charge in [-0.15, -0.1) is 0 Å². The number of hydrogen-bond acceptors (Lipinski definition) is 4. The first-order chi connectivity index (χ1) is 8.04. The zero-order valence-electron chi connectivity index (χ0n) is 9.26. The highest BCUT2D eigenvalue weighted by Gasteiger charge is 2.28. The number of benzene rings is 1. The molecule has 0 bridgehead atoms. The Morgan fingerprint density at radius 3 is 2.71 bits per heavy atom. The number of hydrogen-bond donors (Lipinski definition) is 0. The maximum Gasteiger partial charge on any atom is 0.479 e. The number of carbonyl (C=O) groups excluding carboxylic acids is 3.